The summed E-state index contributed by atoms with van der Waals surface area (Å²) in [5.41, 5.74) is 2.23. The summed E-state index contributed by atoms with van der Waals surface area (Å²) in [5, 5.41) is 7.89. The molecule has 2 saturated heterocycles. The Balaban J connectivity index is 1.51. The molecular formula is C24H28Cl2N4O4. The molecule has 2 fully saturated rings. The van der Waals surface area contributed by atoms with E-state index >= 15 is 0 Å². The lowest BCUT2D eigenvalue weighted by Gasteiger charge is -2.35. The first kappa shape index (κ1) is 23.5. The summed E-state index contributed by atoms with van der Waals surface area (Å²) in [6, 6.07) is 2.17. The number of amidine groups is 2. The molecule has 0 spiro atoms. The van der Waals surface area contributed by atoms with Crippen LogP contribution in [0.5, 0.6) is 11.5 Å². The monoisotopic (exact) mass is 506 g/mol. The number of nitrogens with zero attached hydrogens (tertiary/aromatic N) is 2. The normalized spacial score (nSPS) is 24.6. The maximum atomic E-state index is 6.69. The first-order valence-electron chi connectivity index (χ1n) is 11.4. The Hall–Kier alpha value is -2.26. The van der Waals surface area contributed by atoms with E-state index in [1.165, 1.54) is 0 Å². The van der Waals surface area contributed by atoms with E-state index in [4.69, 9.17) is 52.1 Å². The van der Waals surface area contributed by atoms with Crippen molar-refractivity contribution in [3.63, 3.8) is 0 Å². The Bertz CT molecular complexity index is 1050. The predicted molar refractivity (Wildman–Crippen MR) is 133 cm³/mol. The van der Waals surface area contributed by atoms with Gasteiger partial charge in [0.15, 0.2) is 0 Å². The number of hydrogen-bond acceptors (Lipinski definition) is 8. The molecule has 34 heavy (non-hydrogen) atoms. The fourth-order valence-electron chi connectivity index (χ4n) is 4.48. The van der Waals surface area contributed by atoms with Crippen molar-refractivity contribution >= 4 is 40.6 Å². The van der Waals surface area contributed by atoms with Crippen LogP contribution in [0.15, 0.2) is 33.9 Å². The molecule has 2 N–H and O–H groups in total. The van der Waals surface area contributed by atoms with E-state index in [-0.39, 0.29) is 18.0 Å². The number of nitrogens with one attached hydrogen (secondary N) is 2. The van der Waals surface area contributed by atoms with Crippen LogP contribution in [-0.4, -0.2) is 64.4 Å². The van der Waals surface area contributed by atoms with Gasteiger partial charge in [-0.3, -0.25) is 0 Å². The zero-order chi connectivity index (χ0) is 23.7. The summed E-state index contributed by atoms with van der Waals surface area (Å²) in [6.45, 7) is 2.83. The van der Waals surface area contributed by atoms with Gasteiger partial charge in [0.1, 0.15) is 23.2 Å². The van der Waals surface area contributed by atoms with Gasteiger partial charge in [-0.25, -0.2) is 9.98 Å². The SMILES string of the molecule is COc1cc(OC)c(Cl)c(C2=CC3=CN=C(NC4CCCOC4)CC3C(NC3COC3)=N2)c1Cl. The minimum Gasteiger partial charge on any atom is -0.495 e. The molecule has 0 radical (unpaired) electrons. The van der Waals surface area contributed by atoms with Crippen LogP contribution in [0.25, 0.3) is 5.70 Å². The molecule has 2 unspecified atom stereocenters. The van der Waals surface area contributed by atoms with Gasteiger partial charge in [-0.05, 0) is 24.5 Å². The standard InChI is InChI=1S/C24H28Cl2N4O4/c1-31-18-8-19(32-2)23(26)21(22(18)25)17-6-13-9-27-20(28-14-4-3-5-33-10-14)7-16(13)24(30-17)29-15-11-34-12-15/h6,8-9,14-16H,3-5,7,10-12H2,1-2H3,(H,27,28)(H,29,30). The van der Waals surface area contributed by atoms with Gasteiger partial charge in [-0.2, -0.15) is 0 Å². The zero-order valence-corrected chi connectivity index (χ0v) is 20.7. The van der Waals surface area contributed by atoms with E-state index in [0.717, 1.165) is 36.7 Å². The van der Waals surface area contributed by atoms with Crippen molar-refractivity contribution in [3.8, 4) is 11.5 Å². The van der Waals surface area contributed by atoms with Gasteiger partial charge in [0, 0.05) is 30.9 Å². The van der Waals surface area contributed by atoms with Crippen molar-refractivity contribution in [1.82, 2.24) is 10.6 Å². The fourth-order valence-corrected chi connectivity index (χ4v) is 5.18. The second-order valence-corrected chi connectivity index (χ2v) is 9.47. The topological polar surface area (TPSA) is 85.7 Å². The number of halogens is 2. The predicted octanol–water partition coefficient (Wildman–Crippen LogP) is 3.82. The van der Waals surface area contributed by atoms with Crippen molar-refractivity contribution in [3.05, 3.63) is 39.5 Å². The third kappa shape index (κ3) is 4.64. The van der Waals surface area contributed by atoms with Gasteiger partial charge >= 0.3 is 0 Å². The van der Waals surface area contributed by atoms with Gasteiger partial charge in [0.2, 0.25) is 0 Å². The lowest BCUT2D eigenvalue weighted by molar-refractivity contribution is 0.00279. The van der Waals surface area contributed by atoms with Crippen molar-refractivity contribution in [1.29, 1.82) is 0 Å². The first-order valence-corrected chi connectivity index (χ1v) is 12.2. The number of fused-ring (bicyclic) bond motifs is 1. The van der Waals surface area contributed by atoms with Crippen molar-refractivity contribution in [2.75, 3.05) is 40.6 Å². The Morgan fingerprint density at radius 3 is 2.35 bits per heavy atom. The van der Waals surface area contributed by atoms with Gasteiger partial charge in [0.05, 0.1) is 67.8 Å². The van der Waals surface area contributed by atoms with Gasteiger partial charge in [-0.15, -0.1) is 0 Å². The van der Waals surface area contributed by atoms with E-state index in [2.05, 4.69) is 10.6 Å². The van der Waals surface area contributed by atoms with E-state index in [0.29, 0.717) is 59.0 Å². The largest absolute Gasteiger partial charge is 0.495 e. The molecule has 0 aromatic heterocycles. The third-order valence-electron chi connectivity index (χ3n) is 6.39. The molecule has 182 valence electrons. The van der Waals surface area contributed by atoms with Crippen LogP contribution in [-0.2, 0) is 9.47 Å². The van der Waals surface area contributed by atoms with Crippen LogP contribution in [0.3, 0.4) is 0 Å². The fraction of sp³-hybridized carbons (Fsp3) is 0.500. The smallest absolute Gasteiger partial charge is 0.141 e. The van der Waals surface area contributed by atoms with Gasteiger partial charge < -0.3 is 29.6 Å². The lowest BCUT2D eigenvalue weighted by atomic mass is 9.88. The zero-order valence-electron chi connectivity index (χ0n) is 19.2. The van der Waals surface area contributed by atoms with Crippen LogP contribution in [0.2, 0.25) is 10.0 Å². The van der Waals surface area contributed by atoms with Gasteiger partial charge in [0.25, 0.3) is 0 Å². The number of rotatable bonds is 5. The van der Waals surface area contributed by atoms with E-state index < -0.39 is 0 Å². The summed E-state index contributed by atoms with van der Waals surface area (Å²) in [5.74, 6) is 2.77. The van der Waals surface area contributed by atoms with Crippen LogP contribution in [0.4, 0.5) is 0 Å². The Labute approximate surface area is 209 Å². The highest BCUT2D eigenvalue weighted by molar-refractivity contribution is 6.39. The van der Waals surface area contributed by atoms with Crippen molar-refractivity contribution in [2.45, 2.75) is 31.3 Å². The van der Waals surface area contributed by atoms with Crippen LogP contribution >= 0.6 is 23.2 Å². The number of hydrogen-bond donors (Lipinski definition) is 2. The van der Waals surface area contributed by atoms with Gasteiger partial charge in [-0.1, -0.05) is 23.2 Å². The number of allylic oxidation sites excluding steroid dienone is 1. The van der Waals surface area contributed by atoms with Crippen LogP contribution < -0.4 is 20.1 Å². The summed E-state index contributed by atoms with van der Waals surface area (Å²) >= 11 is 13.4. The average Bonchev–Trinajstić information content (AvgIpc) is 2.82. The summed E-state index contributed by atoms with van der Waals surface area (Å²) in [6.07, 6.45) is 6.74. The van der Waals surface area contributed by atoms with E-state index in [1.54, 1.807) is 20.3 Å². The molecule has 0 amide bonds. The highest BCUT2D eigenvalue weighted by atomic mass is 35.5. The molecule has 10 heteroatoms. The molecule has 0 aliphatic carbocycles. The molecular weight excluding hydrogens is 479 g/mol. The molecule has 0 saturated carbocycles. The number of methoxy groups -OCH3 is 2. The average molecular weight is 507 g/mol. The number of ether oxygens (including phenoxy) is 4. The molecule has 4 heterocycles. The lowest BCUT2D eigenvalue weighted by Crippen LogP contribution is -2.52. The molecule has 8 nitrogen and oxygen atoms in total. The summed E-state index contributed by atoms with van der Waals surface area (Å²) in [4.78, 5) is 9.71. The summed E-state index contributed by atoms with van der Waals surface area (Å²) in [7, 11) is 3.11. The second kappa shape index (κ2) is 10.2. The Kier molecular flexibility index (Phi) is 7.01. The highest BCUT2D eigenvalue weighted by Gasteiger charge is 2.33. The third-order valence-corrected chi connectivity index (χ3v) is 7.15. The molecule has 1 aromatic rings. The second-order valence-electron chi connectivity index (χ2n) is 8.71. The molecule has 0 bridgehead atoms. The minimum atomic E-state index is 0.0407. The maximum absolute atomic E-state index is 6.69. The van der Waals surface area contributed by atoms with E-state index in [9.17, 15) is 0 Å². The van der Waals surface area contributed by atoms with Crippen molar-refractivity contribution < 1.29 is 18.9 Å². The molecule has 2 atom stereocenters. The van der Waals surface area contributed by atoms with Crippen LogP contribution in [0, 0.1) is 5.92 Å². The van der Waals surface area contributed by atoms with Crippen LogP contribution in [0.1, 0.15) is 24.8 Å². The van der Waals surface area contributed by atoms with E-state index in [1.807, 2.05) is 12.3 Å². The minimum absolute atomic E-state index is 0.0407. The summed E-state index contributed by atoms with van der Waals surface area (Å²) < 4.78 is 21.9. The first-order chi connectivity index (χ1) is 16.6. The van der Waals surface area contributed by atoms with Crippen molar-refractivity contribution in [2.24, 2.45) is 15.9 Å². The molecule has 5 rings (SSSR count). The highest BCUT2D eigenvalue weighted by Crippen LogP contribution is 2.46. The Morgan fingerprint density at radius 1 is 1.00 bits per heavy atom. The molecule has 4 aliphatic heterocycles. The number of benzene rings is 1. The number of aliphatic imine (C=N–C) groups is 2. The molecule has 4 aliphatic rings. The quantitative estimate of drug-likeness (QED) is 0.631. The molecule has 1 aromatic carbocycles. The maximum Gasteiger partial charge on any atom is 0.141 e. The Morgan fingerprint density at radius 2 is 1.74 bits per heavy atom.